The summed E-state index contributed by atoms with van der Waals surface area (Å²) in [5, 5.41) is 5.89. The highest BCUT2D eigenvalue weighted by Gasteiger charge is 2.52. The summed E-state index contributed by atoms with van der Waals surface area (Å²) in [5.41, 5.74) is 1.53. The van der Waals surface area contributed by atoms with Crippen LogP contribution in [0.3, 0.4) is 0 Å². The molecule has 122 valence electrons. The van der Waals surface area contributed by atoms with Gasteiger partial charge in [0, 0.05) is 35.7 Å². The number of amides is 1. The van der Waals surface area contributed by atoms with Crippen LogP contribution in [0, 0.1) is 6.57 Å². The van der Waals surface area contributed by atoms with Crippen molar-refractivity contribution in [3.05, 3.63) is 52.8 Å². The predicted molar refractivity (Wildman–Crippen MR) is 92.2 cm³/mol. The van der Waals surface area contributed by atoms with Gasteiger partial charge in [0.15, 0.2) is 5.13 Å². The molecule has 0 radical (unpaired) electrons. The second-order valence-electron chi connectivity index (χ2n) is 6.02. The van der Waals surface area contributed by atoms with Crippen molar-refractivity contribution >= 4 is 28.2 Å². The van der Waals surface area contributed by atoms with E-state index in [1.807, 2.05) is 29.6 Å². The van der Waals surface area contributed by atoms with E-state index in [4.69, 9.17) is 11.3 Å². The molecule has 7 heteroatoms. The van der Waals surface area contributed by atoms with Crippen LogP contribution >= 0.6 is 11.3 Å². The lowest BCUT2D eigenvalue weighted by Crippen LogP contribution is -2.27. The lowest BCUT2D eigenvalue weighted by atomic mass is 10.1. The molecule has 1 unspecified atom stereocenters. The number of aromatic nitrogens is 1. The van der Waals surface area contributed by atoms with Gasteiger partial charge >= 0.3 is 6.09 Å². The Kier molecular flexibility index (Phi) is 3.62. The number of benzene rings is 1. The van der Waals surface area contributed by atoms with Crippen molar-refractivity contribution in [2.45, 2.75) is 24.5 Å². The molecule has 0 bridgehead atoms. The number of nitrogens with one attached hydrogen (secondary N) is 1. The highest BCUT2D eigenvalue weighted by atomic mass is 32.1. The van der Waals surface area contributed by atoms with Crippen molar-refractivity contribution in [3.8, 4) is 0 Å². The molecule has 2 aromatic rings. The van der Waals surface area contributed by atoms with Gasteiger partial charge in [0.1, 0.15) is 6.10 Å². The predicted octanol–water partition coefficient (Wildman–Crippen LogP) is 3.49. The molecule has 2 aliphatic rings. The first-order valence-corrected chi connectivity index (χ1v) is 8.69. The molecule has 1 saturated carbocycles. The molecule has 1 aromatic carbocycles. The van der Waals surface area contributed by atoms with E-state index >= 15 is 0 Å². The molecule has 2 heterocycles. The lowest BCUT2D eigenvalue weighted by molar-refractivity contribution is 0.147. The number of ether oxygens (including phenoxy) is 1. The Labute approximate surface area is 143 Å². The number of rotatable bonds is 5. The topological polar surface area (TPSA) is 58.8 Å². The first-order chi connectivity index (χ1) is 11.7. The minimum Gasteiger partial charge on any atom is -0.442 e. The van der Waals surface area contributed by atoms with E-state index < -0.39 is 0 Å². The van der Waals surface area contributed by atoms with Crippen LogP contribution in [0.5, 0.6) is 0 Å². The second kappa shape index (κ2) is 5.80. The van der Waals surface area contributed by atoms with Crippen LogP contribution in [0.15, 0.2) is 35.8 Å². The summed E-state index contributed by atoms with van der Waals surface area (Å²) in [6.07, 6.45) is 3.04. The summed E-state index contributed by atoms with van der Waals surface area (Å²) >= 11 is 1.52. The number of hydrogen-bond donors (Lipinski definition) is 1. The normalized spacial score (nSPS) is 21.2. The van der Waals surface area contributed by atoms with Crippen LogP contribution in [0.2, 0.25) is 0 Å². The zero-order chi connectivity index (χ0) is 16.6. The summed E-state index contributed by atoms with van der Waals surface area (Å²) in [5.74, 6) is 0. The zero-order valence-electron chi connectivity index (χ0n) is 12.9. The van der Waals surface area contributed by atoms with Crippen LogP contribution < -0.4 is 10.2 Å². The summed E-state index contributed by atoms with van der Waals surface area (Å²) < 4.78 is 5.41. The van der Waals surface area contributed by atoms with Gasteiger partial charge in [-0.15, -0.1) is 11.3 Å². The SMILES string of the molecule is [C-]#[N+]C1(c2ccc(N3CC(CNc4nccs4)OC3=O)cc2)CC1. The number of anilines is 2. The van der Waals surface area contributed by atoms with Crippen LogP contribution in [0.1, 0.15) is 18.4 Å². The van der Waals surface area contributed by atoms with Gasteiger partial charge in [-0.2, -0.15) is 0 Å². The van der Waals surface area contributed by atoms with E-state index in [1.54, 1.807) is 11.1 Å². The average molecular weight is 340 g/mol. The van der Waals surface area contributed by atoms with Gasteiger partial charge in [0.2, 0.25) is 0 Å². The number of hydrogen-bond acceptors (Lipinski definition) is 5. The van der Waals surface area contributed by atoms with E-state index in [2.05, 4.69) is 15.1 Å². The van der Waals surface area contributed by atoms with Gasteiger partial charge in [-0.3, -0.25) is 4.90 Å². The highest BCUT2D eigenvalue weighted by molar-refractivity contribution is 7.13. The molecule has 1 amide bonds. The van der Waals surface area contributed by atoms with E-state index in [0.717, 1.165) is 29.2 Å². The molecular formula is C17H16N4O2S. The van der Waals surface area contributed by atoms with Gasteiger partial charge in [0.25, 0.3) is 5.54 Å². The molecule has 24 heavy (non-hydrogen) atoms. The fraction of sp³-hybridized carbons (Fsp3) is 0.353. The molecule has 1 aromatic heterocycles. The van der Waals surface area contributed by atoms with Crippen molar-refractivity contribution in [3.63, 3.8) is 0 Å². The van der Waals surface area contributed by atoms with E-state index in [9.17, 15) is 4.79 Å². The number of carbonyl (C=O) groups is 1. The highest BCUT2D eigenvalue weighted by Crippen LogP contribution is 2.49. The quantitative estimate of drug-likeness (QED) is 0.847. The Hall–Kier alpha value is -2.59. The maximum Gasteiger partial charge on any atom is 0.414 e. The van der Waals surface area contributed by atoms with Gasteiger partial charge in [-0.25, -0.2) is 16.4 Å². The molecule has 1 aliphatic heterocycles. The zero-order valence-corrected chi connectivity index (χ0v) is 13.8. The fourth-order valence-corrected chi connectivity index (χ4v) is 3.42. The standard InChI is InChI=1S/C17H16N4O2S/c1-18-17(6-7-17)12-2-4-13(5-3-12)21-11-14(23-16(21)22)10-20-15-19-8-9-24-15/h2-5,8-9,14H,6-7,10-11H2,(H,19,20). The third kappa shape index (κ3) is 2.69. The molecule has 6 nitrogen and oxygen atoms in total. The summed E-state index contributed by atoms with van der Waals surface area (Å²) in [6.45, 7) is 8.36. The fourth-order valence-electron chi connectivity index (χ4n) is 2.89. The average Bonchev–Trinajstić information content (AvgIpc) is 3.06. The maximum atomic E-state index is 12.1. The molecular weight excluding hydrogens is 324 g/mol. The Bertz CT molecular complexity index is 778. The number of thiazole rings is 1. The smallest absolute Gasteiger partial charge is 0.414 e. The molecule has 1 atom stereocenters. The maximum absolute atomic E-state index is 12.1. The monoisotopic (exact) mass is 340 g/mol. The molecule has 1 N–H and O–H groups in total. The lowest BCUT2D eigenvalue weighted by Gasteiger charge is -2.14. The van der Waals surface area contributed by atoms with Crippen LogP contribution in [-0.2, 0) is 10.3 Å². The molecule has 1 aliphatic carbocycles. The van der Waals surface area contributed by atoms with Gasteiger partial charge in [-0.05, 0) is 24.3 Å². The molecule has 2 fully saturated rings. The first kappa shape index (κ1) is 15.0. The summed E-state index contributed by atoms with van der Waals surface area (Å²) in [7, 11) is 0. The van der Waals surface area contributed by atoms with Crippen molar-refractivity contribution in [1.29, 1.82) is 0 Å². The summed E-state index contributed by atoms with van der Waals surface area (Å²) in [4.78, 5) is 21.6. The van der Waals surface area contributed by atoms with E-state index in [-0.39, 0.29) is 17.7 Å². The van der Waals surface area contributed by atoms with Crippen molar-refractivity contribution in [2.75, 3.05) is 23.3 Å². The Balaban J connectivity index is 1.41. The minimum atomic E-state index is -0.333. The molecule has 1 saturated heterocycles. The van der Waals surface area contributed by atoms with Gasteiger partial charge in [0.05, 0.1) is 13.1 Å². The van der Waals surface area contributed by atoms with Crippen molar-refractivity contribution in [2.24, 2.45) is 0 Å². The number of cyclic esters (lactones) is 1. The van der Waals surface area contributed by atoms with Crippen molar-refractivity contribution in [1.82, 2.24) is 4.98 Å². The van der Waals surface area contributed by atoms with Crippen LogP contribution in [-0.4, -0.2) is 30.3 Å². The van der Waals surface area contributed by atoms with Crippen LogP contribution in [0.4, 0.5) is 15.6 Å². The third-order valence-electron chi connectivity index (χ3n) is 4.44. The number of carbonyl (C=O) groups excluding carboxylic acids is 1. The van der Waals surface area contributed by atoms with E-state index in [0.29, 0.717) is 13.1 Å². The van der Waals surface area contributed by atoms with Crippen LogP contribution in [0.25, 0.3) is 4.85 Å². The van der Waals surface area contributed by atoms with Crippen molar-refractivity contribution < 1.29 is 9.53 Å². The van der Waals surface area contributed by atoms with E-state index in [1.165, 1.54) is 11.3 Å². The summed E-state index contributed by atoms with van der Waals surface area (Å²) in [6, 6.07) is 7.71. The van der Waals surface area contributed by atoms with Gasteiger partial charge in [-0.1, -0.05) is 0 Å². The third-order valence-corrected chi connectivity index (χ3v) is 5.17. The molecule has 4 rings (SSSR count). The minimum absolute atomic E-state index is 0.209. The Morgan fingerprint density at radius 1 is 1.42 bits per heavy atom. The Morgan fingerprint density at radius 2 is 2.21 bits per heavy atom. The Morgan fingerprint density at radius 3 is 2.83 bits per heavy atom. The van der Waals surface area contributed by atoms with Gasteiger partial charge < -0.3 is 14.9 Å². The largest absolute Gasteiger partial charge is 0.442 e. The second-order valence-corrected chi connectivity index (χ2v) is 6.92. The molecule has 0 spiro atoms. The first-order valence-electron chi connectivity index (χ1n) is 7.81. The number of nitrogens with zero attached hydrogens (tertiary/aromatic N) is 3.